The molecule has 1 saturated carbocycles. The maximum Gasteiger partial charge on any atom is 0.141 e. The molecule has 1 aliphatic rings. The standard InChI is InChI=1S/C11H20O2/c1-8(2)11(7-12)5-4-9(3)6-10(11)13/h8-9,12H,4-7H2,1-3H3/t9-,11-/m0/s1. The fourth-order valence-electron chi connectivity index (χ4n) is 2.23. The Bertz CT molecular complexity index is 198. The van der Waals surface area contributed by atoms with Gasteiger partial charge in [-0.05, 0) is 24.7 Å². The molecule has 0 heterocycles. The molecule has 0 unspecified atom stereocenters. The van der Waals surface area contributed by atoms with Gasteiger partial charge in [0.15, 0.2) is 0 Å². The molecule has 1 aliphatic carbocycles. The van der Waals surface area contributed by atoms with Crippen LogP contribution in [0.25, 0.3) is 0 Å². The lowest BCUT2D eigenvalue weighted by molar-refractivity contribution is -0.139. The topological polar surface area (TPSA) is 37.3 Å². The van der Waals surface area contributed by atoms with Gasteiger partial charge in [-0.3, -0.25) is 4.79 Å². The molecule has 2 atom stereocenters. The van der Waals surface area contributed by atoms with Crippen molar-refractivity contribution in [3.8, 4) is 0 Å². The Labute approximate surface area is 80.3 Å². The number of Topliss-reactive ketones (excluding diaryl/α,β-unsaturated/α-hetero) is 1. The van der Waals surface area contributed by atoms with E-state index < -0.39 is 5.41 Å². The Morgan fingerprint density at radius 1 is 1.62 bits per heavy atom. The molecule has 0 aliphatic heterocycles. The van der Waals surface area contributed by atoms with E-state index in [1.165, 1.54) is 0 Å². The number of ketones is 1. The number of carbonyl (C=O) groups is 1. The zero-order valence-electron chi connectivity index (χ0n) is 8.84. The van der Waals surface area contributed by atoms with Crippen LogP contribution in [0.4, 0.5) is 0 Å². The van der Waals surface area contributed by atoms with Crippen LogP contribution < -0.4 is 0 Å². The van der Waals surface area contributed by atoms with Crippen LogP contribution in [0.15, 0.2) is 0 Å². The number of aliphatic hydroxyl groups is 1. The summed E-state index contributed by atoms with van der Waals surface area (Å²) in [6, 6.07) is 0. The normalized spacial score (nSPS) is 35.5. The predicted molar refractivity (Wildman–Crippen MR) is 52.4 cm³/mol. The molecule has 76 valence electrons. The van der Waals surface area contributed by atoms with Crippen LogP contribution in [0, 0.1) is 17.3 Å². The first-order valence-electron chi connectivity index (χ1n) is 5.17. The van der Waals surface area contributed by atoms with Gasteiger partial charge < -0.3 is 5.11 Å². The predicted octanol–water partition coefficient (Wildman–Crippen LogP) is 2.01. The van der Waals surface area contributed by atoms with E-state index in [1.54, 1.807) is 0 Å². The van der Waals surface area contributed by atoms with Gasteiger partial charge in [0, 0.05) is 6.42 Å². The molecule has 0 saturated heterocycles. The second-order valence-corrected chi connectivity index (χ2v) is 4.74. The van der Waals surface area contributed by atoms with Crippen molar-refractivity contribution in [2.24, 2.45) is 17.3 Å². The van der Waals surface area contributed by atoms with Gasteiger partial charge in [-0.1, -0.05) is 20.8 Å². The molecule has 2 nitrogen and oxygen atoms in total. The average Bonchev–Trinajstić information content (AvgIpc) is 2.04. The minimum atomic E-state index is -0.424. The van der Waals surface area contributed by atoms with Crippen molar-refractivity contribution < 1.29 is 9.90 Å². The second-order valence-electron chi connectivity index (χ2n) is 4.74. The molecule has 0 spiro atoms. The van der Waals surface area contributed by atoms with E-state index in [0.717, 1.165) is 12.8 Å². The number of aliphatic hydroxyl groups excluding tert-OH is 1. The number of hydrogen-bond donors (Lipinski definition) is 1. The largest absolute Gasteiger partial charge is 0.395 e. The first kappa shape index (κ1) is 10.7. The third kappa shape index (κ3) is 1.78. The second kappa shape index (κ2) is 3.79. The van der Waals surface area contributed by atoms with E-state index in [0.29, 0.717) is 12.3 Å². The lowest BCUT2D eigenvalue weighted by atomic mass is 9.64. The molecular weight excluding hydrogens is 164 g/mol. The Kier molecular flexibility index (Phi) is 3.12. The Hall–Kier alpha value is -0.370. The van der Waals surface area contributed by atoms with Gasteiger partial charge in [0.1, 0.15) is 5.78 Å². The number of rotatable bonds is 2. The molecule has 0 aromatic heterocycles. The van der Waals surface area contributed by atoms with E-state index in [4.69, 9.17) is 0 Å². The highest BCUT2D eigenvalue weighted by Gasteiger charge is 2.43. The highest BCUT2D eigenvalue weighted by Crippen LogP contribution is 2.41. The van der Waals surface area contributed by atoms with Gasteiger partial charge in [0.2, 0.25) is 0 Å². The summed E-state index contributed by atoms with van der Waals surface area (Å²) in [7, 11) is 0. The minimum Gasteiger partial charge on any atom is -0.395 e. The Balaban J connectivity index is 2.81. The van der Waals surface area contributed by atoms with Crippen LogP contribution in [0.5, 0.6) is 0 Å². The zero-order valence-corrected chi connectivity index (χ0v) is 8.84. The molecule has 0 radical (unpaired) electrons. The first-order valence-corrected chi connectivity index (χ1v) is 5.17. The van der Waals surface area contributed by atoms with Crippen LogP contribution in [0.3, 0.4) is 0 Å². The molecule has 1 rings (SSSR count). The average molecular weight is 184 g/mol. The summed E-state index contributed by atoms with van der Waals surface area (Å²) in [6.07, 6.45) is 2.59. The summed E-state index contributed by atoms with van der Waals surface area (Å²) in [5, 5.41) is 9.35. The molecule has 13 heavy (non-hydrogen) atoms. The zero-order chi connectivity index (χ0) is 10.1. The van der Waals surface area contributed by atoms with E-state index in [-0.39, 0.29) is 18.3 Å². The summed E-state index contributed by atoms with van der Waals surface area (Å²) >= 11 is 0. The van der Waals surface area contributed by atoms with Crippen molar-refractivity contribution in [3.63, 3.8) is 0 Å². The highest BCUT2D eigenvalue weighted by atomic mass is 16.3. The Morgan fingerprint density at radius 2 is 2.23 bits per heavy atom. The maximum atomic E-state index is 11.8. The van der Waals surface area contributed by atoms with Crippen LogP contribution >= 0.6 is 0 Å². The summed E-state index contributed by atoms with van der Waals surface area (Å²) in [5.41, 5.74) is -0.424. The fraction of sp³-hybridized carbons (Fsp3) is 0.909. The van der Waals surface area contributed by atoms with Gasteiger partial charge in [-0.25, -0.2) is 0 Å². The fourth-order valence-corrected chi connectivity index (χ4v) is 2.23. The summed E-state index contributed by atoms with van der Waals surface area (Å²) in [6.45, 7) is 6.20. The highest BCUT2D eigenvalue weighted by molar-refractivity contribution is 5.86. The minimum absolute atomic E-state index is 0.0240. The van der Waals surface area contributed by atoms with Gasteiger partial charge in [-0.2, -0.15) is 0 Å². The molecule has 0 amide bonds. The smallest absolute Gasteiger partial charge is 0.141 e. The Morgan fingerprint density at radius 3 is 2.62 bits per heavy atom. The molecule has 1 N–H and O–H groups in total. The molecule has 2 heteroatoms. The molecule has 1 fully saturated rings. The number of carbonyl (C=O) groups excluding carboxylic acids is 1. The van der Waals surface area contributed by atoms with Crippen molar-refractivity contribution in [2.75, 3.05) is 6.61 Å². The molecule has 0 aromatic rings. The quantitative estimate of drug-likeness (QED) is 0.712. The molecule has 0 bridgehead atoms. The van der Waals surface area contributed by atoms with E-state index in [2.05, 4.69) is 6.92 Å². The lowest BCUT2D eigenvalue weighted by Gasteiger charge is -2.39. The lowest BCUT2D eigenvalue weighted by Crippen LogP contribution is -2.43. The third-order valence-electron chi connectivity index (χ3n) is 3.56. The van der Waals surface area contributed by atoms with Crippen molar-refractivity contribution in [1.29, 1.82) is 0 Å². The molecule has 0 aromatic carbocycles. The van der Waals surface area contributed by atoms with Gasteiger partial charge in [0.05, 0.1) is 12.0 Å². The SMILES string of the molecule is CC(C)[C@@]1(CO)CC[C@H](C)CC1=O. The first-order chi connectivity index (χ1) is 6.03. The summed E-state index contributed by atoms with van der Waals surface area (Å²) < 4.78 is 0. The summed E-state index contributed by atoms with van der Waals surface area (Å²) in [4.78, 5) is 11.8. The van der Waals surface area contributed by atoms with Crippen LogP contribution in [-0.2, 0) is 4.79 Å². The van der Waals surface area contributed by atoms with Crippen LogP contribution in [-0.4, -0.2) is 17.5 Å². The van der Waals surface area contributed by atoms with Gasteiger partial charge >= 0.3 is 0 Å². The van der Waals surface area contributed by atoms with Crippen LogP contribution in [0.2, 0.25) is 0 Å². The van der Waals surface area contributed by atoms with E-state index in [9.17, 15) is 9.90 Å². The summed E-state index contributed by atoms with van der Waals surface area (Å²) in [5.74, 6) is 1.03. The van der Waals surface area contributed by atoms with Crippen molar-refractivity contribution in [2.45, 2.75) is 40.0 Å². The maximum absolute atomic E-state index is 11.8. The van der Waals surface area contributed by atoms with Crippen LogP contribution in [0.1, 0.15) is 40.0 Å². The van der Waals surface area contributed by atoms with E-state index >= 15 is 0 Å². The van der Waals surface area contributed by atoms with Gasteiger partial charge in [0.25, 0.3) is 0 Å². The third-order valence-corrected chi connectivity index (χ3v) is 3.56. The van der Waals surface area contributed by atoms with Gasteiger partial charge in [-0.15, -0.1) is 0 Å². The van der Waals surface area contributed by atoms with E-state index in [1.807, 2.05) is 13.8 Å². The van der Waals surface area contributed by atoms with Crippen molar-refractivity contribution >= 4 is 5.78 Å². The number of hydrogen-bond acceptors (Lipinski definition) is 2. The van der Waals surface area contributed by atoms with Crippen molar-refractivity contribution in [1.82, 2.24) is 0 Å². The molecular formula is C11H20O2. The monoisotopic (exact) mass is 184 g/mol. The van der Waals surface area contributed by atoms with Crippen molar-refractivity contribution in [3.05, 3.63) is 0 Å².